The molecule has 0 amide bonds. The van der Waals surface area contributed by atoms with E-state index in [0.717, 1.165) is 17.2 Å². The van der Waals surface area contributed by atoms with Crippen LogP contribution in [0.15, 0.2) is 17.6 Å². The lowest BCUT2D eigenvalue weighted by atomic mass is 9.78. The van der Waals surface area contributed by atoms with Gasteiger partial charge in [0.1, 0.15) is 5.82 Å². The van der Waals surface area contributed by atoms with Crippen molar-refractivity contribution in [2.24, 2.45) is 0 Å². The zero-order valence-electron chi connectivity index (χ0n) is 14.8. The van der Waals surface area contributed by atoms with Crippen LogP contribution in [-0.4, -0.2) is 29.2 Å². The van der Waals surface area contributed by atoms with Crippen molar-refractivity contribution >= 4 is 53.3 Å². The van der Waals surface area contributed by atoms with E-state index in [1.807, 2.05) is 27.7 Å². The zero-order chi connectivity index (χ0) is 19.0. The largest absolute Gasteiger partial charge is 0.491 e. The first-order valence-corrected chi connectivity index (χ1v) is 9.51. The molecule has 0 radical (unpaired) electrons. The molecule has 0 saturated carbocycles. The van der Waals surface area contributed by atoms with Crippen molar-refractivity contribution in [3.8, 4) is 0 Å². The van der Waals surface area contributed by atoms with Gasteiger partial charge in [0.15, 0.2) is 5.12 Å². The SMILES string of the molecule is CC(=O)SCC(=Cc1cc(F)c(Cl)c(Cl)c1)B1OC(C)(C)C(C)(C)O1. The Kier molecular flexibility index (Phi) is 6.33. The van der Waals surface area contributed by atoms with Crippen LogP contribution in [0.3, 0.4) is 0 Å². The number of thioether (sulfide) groups is 1. The number of benzene rings is 1. The van der Waals surface area contributed by atoms with Gasteiger partial charge in [0.2, 0.25) is 0 Å². The summed E-state index contributed by atoms with van der Waals surface area (Å²) in [6, 6.07) is 2.86. The van der Waals surface area contributed by atoms with E-state index in [9.17, 15) is 9.18 Å². The number of carbonyl (C=O) groups excluding carboxylic acids is 1. The molecule has 8 heteroatoms. The number of hydrogen-bond donors (Lipinski definition) is 0. The maximum atomic E-state index is 13.9. The molecule has 1 aliphatic heterocycles. The van der Waals surface area contributed by atoms with Gasteiger partial charge in [0.05, 0.1) is 21.2 Å². The summed E-state index contributed by atoms with van der Waals surface area (Å²) < 4.78 is 26.0. The third kappa shape index (κ3) is 4.80. The monoisotopic (exact) mass is 404 g/mol. The van der Waals surface area contributed by atoms with Gasteiger partial charge in [-0.25, -0.2) is 4.39 Å². The molecule has 2 rings (SSSR count). The average molecular weight is 405 g/mol. The standard InChI is InChI=1S/C17H20BCl2FO3S/c1-10(22)25-9-12(18-23-16(2,3)17(4,5)24-18)6-11-7-13(19)15(20)14(21)8-11/h6-8H,9H2,1-5H3. The second-order valence-corrected chi connectivity index (χ2v) is 8.82. The smallest absolute Gasteiger partial charge is 0.400 e. The Morgan fingerprint density at radius 3 is 2.28 bits per heavy atom. The number of carbonyl (C=O) groups is 1. The first-order chi connectivity index (χ1) is 11.4. The van der Waals surface area contributed by atoms with Crippen molar-refractivity contribution in [1.82, 2.24) is 0 Å². The number of rotatable bonds is 4. The Morgan fingerprint density at radius 2 is 1.80 bits per heavy atom. The van der Waals surface area contributed by atoms with Crippen LogP contribution in [0.2, 0.25) is 10.0 Å². The summed E-state index contributed by atoms with van der Waals surface area (Å²) in [5.41, 5.74) is 0.221. The van der Waals surface area contributed by atoms with E-state index in [4.69, 9.17) is 32.5 Å². The molecule has 1 fully saturated rings. The van der Waals surface area contributed by atoms with E-state index in [2.05, 4.69) is 0 Å². The fourth-order valence-electron chi connectivity index (χ4n) is 2.23. The molecule has 1 saturated heterocycles. The highest BCUT2D eigenvalue weighted by Gasteiger charge is 2.52. The van der Waals surface area contributed by atoms with Crippen molar-refractivity contribution in [2.75, 3.05) is 5.75 Å². The van der Waals surface area contributed by atoms with Gasteiger partial charge in [-0.2, -0.15) is 0 Å². The molecule has 0 N–H and O–H groups in total. The van der Waals surface area contributed by atoms with E-state index in [1.165, 1.54) is 13.0 Å². The van der Waals surface area contributed by atoms with Crippen molar-refractivity contribution in [3.05, 3.63) is 39.0 Å². The normalized spacial score (nSPS) is 19.4. The summed E-state index contributed by atoms with van der Waals surface area (Å²) in [6.45, 7) is 9.28. The van der Waals surface area contributed by atoms with E-state index >= 15 is 0 Å². The van der Waals surface area contributed by atoms with Crippen LogP contribution in [0.1, 0.15) is 40.2 Å². The Hall–Kier alpha value is -0.525. The predicted octanol–water partition coefficient (Wildman–Crippen LogP) is 5.43. The Balaban J connectivity index is 2.38. The van der Waals surface area contributed by atoms with Crippen LogP contribution in [-0.2, 0) is 14.1 Å². The highest BCUT2D eigenvalue weighted by atomic mass is 35.5. The van der Waals surface area contributed by atoms with E-state index in [0.29, 0.717) is 11.3 Å². The van der Waals surface area contributed by atoms with Gasteiger partial charge in [-0.05, 0) is 50.9 Å². The first kappa shape index (κ1) is 20.8. The Labute approximate surface area is 162 Å². The van der Waals surface area contributed by atoms with Crippen LogP contribution < -0.4 is 0 Å². The molecule has 136 valence electrons. The molecule has 1 aromatic carbocycles. The third-order valence-electron chi connectivity index (χ3n) is 4.36. The lowest BCUT2D eigenvalue weighted by molar-refractivity contribution is -0.109. The highest BCUT2D eigenvalue weighted by molar-refractivity contribution is 8.13. The van der Waals surface area contributed by atoms with Crippen LogP contribution in [0.4, 0.5) is 4.39 Å². The minimum atomic E-state index is -0.630. The highest BCUT2D eigenvalue weighted by Crippen LogP contribution is 2.39. The Bertz CT molecular complexity index is 683. The molecular weight excluding hydrogens is 385 g/mol. The number of halogens is 3. The third-order valence-corrected chi connectivity index (χ3v) is 6.02. The van der Waals surface area contributed by atoms with Gasteiger partial charge in [-0.1, -0.05) is 41.0 Å². The average Bonchev–Trinajstić information content (AvgIpc) is 2.68. The summed E-state index contributed by atoms with van der Waals surface area (Å²) >= 11 is 12.9. The molecule has 0 aliphatic carbocycles. The van der Waals surface area contributed by atoms with Crippen LogP contribution in [0, 0.1) is 5.82 Å². The quantitative estimate of drug-likeness (QED) is 0.495. The van der Waals surface area contributed by atoms with Crippen molar-refractivity contribution in [2.45, 2.75) is 45.8 Å². The van der Waals surface area contributed by atoms with E-state index < -0.39 is 24.1 Å². The minimum absolute atomic E-state index is 0.0252. The maximum absolute atomic E-state index is 13.9. The van der Waals surface area contributed by atoms with Gasteiger partial charge in [0.25, 0.3) is 0 Å². The molecule has 3 nitrogen and oxygen atoms in total. The molecule has 1 heterocycles. The van der Waals surface area contributed by atoms with Gasteiger partial charge >= 0.3 is 7.12 Å². The zero-order valence-corrected chi connectivity index (χ0v) is 17.1. The fourth-order valence-corrected chi connectivity index (χ4v) is 3.14. The summed E-state index contributed by atoms with van der Waals surface area (Å²) in [7, 11) is -0.630. The van der Waals surface area contributed by atoms with Crippen molar-refractivity contribution in [1.29, 1.82) is 0 Å². The topological polar surface area (TPSA) is 35.5 Å². The molecule has 0 aromatic heterocycles. The van der Waals surface area contributed by atoms with Gasteiger partial charge in [0, 0.05) is 12.7 Å². The maximum Gasteiger partial charge on any atom is 0.491 e. The van der Waals surface area contributed by atoms with Gasteiger partial charge < -0.3 is 9.31 Å². The first-order valence-electron chi connectivity index (χ1n) is 7.77. The summed E-state index contributed by atoms with van der Waals surface area (Å²) in [6.07, 6.45) is 1.73. The van der Waals surface area contributed by atoms with E-state index in [1.54, 1.807) is 12.1 Å². The molecule has 0 spiro atoms. The molecule has 0 bridgehead atoms. The second-order valence-electron chi connectivity index (χ2n) is 6.89. The van der Waals surface area contributed by atoms with Gasteiger partial charge in [-0.3, -0.25) is 4.79 Å². The Morgan fingerprint density at radius 1 is 1.24 bits per heavy atom. The molecule has 1 aromatic rings. The second kappa shape index (κ2) is 7.61. The van der Waals surface area contributed by atoms with Crippen LogP contribution in [0.5, 0.6) is 0 Å². The molecular formula is C17H20BCl2FO3S. The summed E-state index contributed by atoms with van der Waals surface area (Å²) in [4.78, 5) is 11.4. The fraction of sp³-hybridized carbons (Fsp3) is 0.471. The molecule has 1 aliphatic rings. The van der Waals surface area contributed by atoms with Crippen LogP contribution in [0.25, 0.3) is 6.08 Å². The van der Waals surface area contributed by atoms with E-state index in [-0.39, 0.29) is 15.2 Å². The lowest BCUT2D eigenvalue weighted by Crippen LogP contribution is -2.41. The molecule has 0 atom stereocenters. The van der Waals surface area contributed by atoms with Crippen molar-refractivity contribution < 1.29 is 18.5 Å². The minimum Gasteiger partial charge on any atom is -0.400 e. The lowest BCUT2D eigenvalue weighted by Gasteiger charge is -2.32. The summed E-state index contributed by atoms with van der Waals surface area (Å²) in [5, 5.41) is -0.0164. The predicted molar refractivity (Wildman–Crippen MR) is 104 cm³/mol. The van der Waals surface area contributed by atoms with Gasteiger partial charge in [-0.15, -0.1) is 0 Å². The van der Waals surface area contributed by atoms with Crippen molar-refractivity contribution in [3.63, 3.8) is 0 Å². The van der Waals surface area contributed by atoms with Crippen LogP contribution >= 0.6 is 35.0 Å². The molecule has 25 heavy (non-hydrogen) atoms. The number of hydrogen-bond acceptors (Lipinski definition) is 4. The summed E-state index contributed by atoms with van der Waals surface area (Å²) in [5.74, 6) is -0.235. The molecule has 0 unspecified atom stereocenters.